The van der Waals surface area contributed by atoms with Gasteiger partial charge in [-0.1, -0.05) is 19.1 Å². The van der Waals surface area contributed by atoms with Gasteiger partial charge in [0.15, 0.2) is 0 Å². The lowest BCUT2D eigenvalue weighted by Crippen LogP contribution is -2.24. The van der Waals surface area contributed by atoms with Crippen LogP contribution in [0.5, 0.6) is 0 Å². The number of nitrogens with one attached hydrogen (secondary N) is 1. The molecule has 0 bridgehead atoms. The second-order valence-electron chi connectivity index (χ2n) is 4.89. The Labute approximate surface area is 116 Å². The maximum atomic E-state index is 11.2. The molecule has 19 heavy (non-hydrogen) atoms. The van der Waals surface area contributed by atoms with Crippen molar-refractivity contribution in [1.29, 1.82) is 0 Å². The highest BCUT2D eigenvalue weighted by Gasteiger charge is 2.09. The molecule has 0 fully saturated rings. The molecule has 0 aliphatic carbocycles. The van der Waals surface area contributed by atoms with Gasteiger partial charge in [-0.05, 0) is 31.2 Å². The fourth-order valence-corrected chi connectivity index (χ4v) is 2.60. The van der Waals surface area contributed by atoms with Crippen molar-refractivity contribution in [3.8, 4) is 0 Å². The molecule has 1 aromatic rings. The van der Waals surface area contributed by atoms with Crippen molar-refractivity contribution < 1.29 is 8.42 Å². The first-order valence-electron chi connectivity index (χ1n) is 6.53. The number of rotatable bonds is 7. The summed E-state index contributed by atoms with van der Waals surface area (Å²) in [6, 6.07) is 8.64. The molecule has 1 atom stereocenters. The number of hydrogen-bond donors (Lipinski definition) is 1. The lowest BCUT2D eigenvalue weighted by Gasteiger charge is -2.20. The van der Waals surface area contributed by atoms with Gasteiger partial charge >= 0.3 is 0 Å². The molecule has 0 saturated heterocycles. The first-order chi connectivity index (χ1) is 8.87. The second-order valence-corrected chi connectivity index (χ2v) is 7.15. The van der Waals surface area contributed by atoms with E-state index in [4.69, 9.17) is 0 Å². The summed E-state index contributed by atoms with van der Waals surface area (Å²) in [4.78, 5) is 1.96. The van der Waals surface area contributed by atoms with Crippen molar-refractivity contribution in [2.45, 2.75) is 19.4 Å². The van der Waals surface area contributed by atoms with Crippen LogP contribution in [0.25, 0.3) is 0 Å². The smallest absolute Gasteiger partial charge is 0.149 e. The normalized spacial score (nSPS) is 13.3. The molecule has 1 N–H and O–H groups in total. The third-order valence-corrected chi connectivity index (χ3v) is 4.21. The molecule has 1 aromatic carbocycles. The van der Waals surface area contributed by atoms with Crippen LogP contribution in [0.3, 0.4) is 0 Å². The summed E-state index contributed by atoms with van der Waals surface area (Å²) < 4.78 is 22.3. The van der Waals surface area contributed by atoms with Crippen molar-refractivity contribution in [3.63, 3.8) is 0 Å². The van der Waals surface area contributed by atoms with Gasteiger partial charge in [-0.25, -0.2) is 8.42 Å². The Hall–Kier alpha value is -1.07. The Morgan fingerprint density at radius 1 is 1.26 bits per heavy atom. The van der Waals surface area contributed by atoms with E-state index in [1.807, 2.05) is 31.1 Å². The van der Waals surface area contributed by atoms with Gasteiger partial charge in [-0.3, -0.25) is 0 Å². The molecule has 1 unspecified atom stereocenters. The van der Waals surface area contributed by atoms with Gasteiger partial charge in [0, 0.05) is 31.6 Å². The predicted molar refractivity (Wildman–Crippen MR) is 81.5 cm³/mol. The second kappa shape index (κ2) is 6.91. The summed E-state index contributed by atoms with van der Waals surface area (Å²) in [5.74, 6) is 0.180. The van der Waals surface area contributed by atoms with Crippen molar-refractivity contribution in [2.24, 2.45) is 0 Å². The first-order valence-corrected chi connectivity index (χ1v) is 8.59. The van der Waals surface area contributed by atoms with Gasteiger partial charge in [0.1, 0.15) is 9.84 Å². The van der Waals surface area contributed by atoms with Gasteiger partial charge in [0.2, 0.25) is 0 Å². The van der Waals surface area contributed by atoms with Crippen molar-refractivity contribution in [1.82, 2.24) is 5.32 Å². The Kier molecular flexibility index (Phi) is 5.82. The van der Waals surface area contributed by atoms with E-state index < -0.39 is 9.84 Å². The number of sulfone groups is 1. The van der Waals surface area contributed by atoms with E-state index in [1.165, 1.54) is 11.8 Å². The molecule has 0 radical (unpaired) electrons. The lowest BCUT2D eigenvalue weighted by molar-refractivity contribution is 0.577. The number of hydrogen-bond acceptors (Lipinski definition) is 4. The maximum Gasteiger partial charge on any atom is 0.149 e. The van der Waals surface area contributed by atoms with Crippen LogP contribution in [0.2, 0.25) is 0 Å². The lowest BCUT2D eigenvalue weighted by atomic mass is 10.0. The molecule has 0 amide bonds. The standard InChI is InChI=1S/C14H24N2O2S/c1-5-14(15-2)12-6-8-13(9-7-12)16(3)10-11-19(4,17)18/h6-9,14-15H,5,10-11H2,1-4H3. The Morgan fingerprint density at radius 3 is 2.26 bits per heavy atom. The van der Waals surface area contributed by atoms with Gasteiger partial charge in [-0.2, -0.15) is 0 Å². The summed E-state index contributed by atoms with van der Waals surface area (Å²) in [5.41, 5.74) is 2.30. The largest absolute Gasteiger partial charge is 0.374 e. The molecular formula is C14H24N2O2S. The maximum absolute atomic E-state index is 11.2. The van der Waals surface area contributed by atoms with Crippen LogP contribution in [0, 0.1) is 0 Å². The fraction of sp³-hybridized carbons (Fsp3) is 0.571. The highest BCUT2D eigenvalue weighted by atomic mass is 32.2. The van der Waals surface area contributed by atoms with E-state index in [0.29, 0.717) is 12.6 Å². The molecule has 0 aliphatic heterocycles. The quantitative estimate of drug-likeness (QED) is 0.830. The van der Waals surface area contributed by atoms with Crippen LogP contribution in [0.1, 0.15) is 24.9 Å². The predicted octanol–water partition coefficient (Wildman–Crippen LogP) is 1.84. The van der Waals surface area contributed by atoms with E-state index in [0.717, 1.165) is 12.1 Å². The average molecular weight is 284 g/mol. The minimum Gasteiger partial charge on any atom is -0.374 e. The summed E-state index contributed by atoms with van der Waals surface area (Å²) in [6.07, 6.45) is 2.31. The first kappa shape index (κ1) is 16.0. The fourth-order valence-electron chi connectivity index (χ4n) is 2.00. The number of benzene rings is 1. The zero-order valence-electron chi connectivity index (χ0n) is 12.2. The summed E-state index contributed by atoms with van der Waals surface area (Å²) in [6.45, 7) is 2.66. The van der Waals surface area contributed by atoms with Crippen molar-refractivity contribution >= 4 is 15.5 Å². The van der Waals surface area contributed by atoms with E-state index in [1.54, 1.807) is 0 Å². The molecule has 4 nitrogen and oxygen atoms in total. The Morgan fingerprint density at radius 2 is 1.84 bits per heavy atom. The molecular weight excluding hydrogens is 260 g/mol. The van der Waals surface area contributed by atoms with Crippen LogP contribution in [0.15, 0.2) is 24.3 Å². The van der Waals surface area contributed by atoms with Crippen LogP contribution in [-0.4, -0.2) is 41.1 Å². The van der Waals surface area contributed by atoms with Crippen molar-refractivity contribution in [3.05, 3.63) is 29.8 Å². The van der Waals surface area contributed by atoms with Crippen molar-refractivity contribution in [2.75, 3.05) is 37.5 Å². The minimum absolute atomic E-state index is 0.180. The van der Waals surface area contributed by atoms with Crippen LogP contribution in [0.4, 0.5) is 5.69 Å². The van der Waals surface area contributed by atoms with Crippen LogP contribution in [-0.2, 0) is 9.84 Å². The molecule has 0 aliphatic rings. The van der Waals surface area contributed by atoms with E-state index >= 15 is 0 Å². The Balaban J connectivity index is 2.70. The van der Waals surface area contributed by atoms with E-state index in [-0.39, 0.29) is 5.75 Å². The molecule has 0 aromatic heterocycles. The molecule has 0 heterocycles. The minimum atomic E-state index is -2.91. The molecule has 1 rings (SSSR count). The zero-order chi connectivity index (χ0) is 14.5. The van der Waals surface area contributed by atoms with Gasteiger partial charge in [-0.15, -0.1) is 0 Å². The van der Waals surface area contributed by atoms with Gasteiger partial charge in [0.05, 0.1) is 5.75 Å². The van der Waals surface area contributed by atoms with E-state index in [2.05, 4.69) is 24.4 Å². The molecule has 0 saturated carbocycles. The third kappa shape index (κ3) is 5.20. The zero-order valence-corrected chi connectivity index (χ0v) is 13.0. The number of nitrogens with zero attached hydrogens (tertiary/aromatic N) is 1. The SMILES string of the molecule is CCC(NC)c1ccc(N(C)CCS(C)(=O)=O)cc1. The average Bonchev–Trinajstić information content (AvgIpc) is 2.37. The summed E-state index contributed by atoms with van der Waals surface area (Å²) in [7, 11) is 0.963. The van der Waals surface area contributed by atoms with Crippen LogP contribution >= 0.6 is 0 Å². The Bertz CT molecular complexity index is 479. The number of anilines is 1. The summed E-state index contributed by atoms with van der Waals surface area (Å²) >= 11 is 0. The monoisotopic (exact) mass is 284 g/mol. The summed E-state index contributed by atoms with van der Waals surface area (Å²) in [5, 5.41) is 3.27. The molecule has 5 heteroatoms. The van der Waals surface area contributed by atoms with E-state index in [9.17, 15) is 8.42 Å². The highest BCUT2D eigenvalue weighted by molar-refractivity contribution is 7.90. The highest BCUT2D eigenvalue weighted by Crippen LogP contribution is 2.20. The van der Waals surface area contributed by atoms with Gasteiger partial charge in [0.25, 0.3) is 0 Å². The van der Waals surface area contributed by atoms with Crippen LogP contribution < -0.4 is 10.2 Å². The van der Waals surface area contributed by atoms with Gasteiger partial charge < -0.3 is 10.2 Å². The molecule has 108 valence electrons. The third-order valence-electron chi connectivity index (χ3n) is 3.29. The molecule has 0 spiro atoms. The topological polar surface area (TPSA) is 49.4 Å².